The quantitative estimate of drug-likeness (QED) is 0.335. The Labute approximate surface area is 89.6 Å². The van der Waals surface area contributed by atoms with Crippen molar-refractivity contribution in [2.75, 3.05) is 19.8 Å². The monoisotopic (exact) mass is 216 g/mol. The van der Waals surface area contributed by atoms with E-state index in [1.165, 1.54) is 31.0 Å². The Balaban J connectivity index is 1.78. The largest absolute Gasteiger partial charge is 0.379 e. The highest BCUT2D eigenvalue weighted by Gasteiger charge is 2.21. The molecule has 0 aromatic rings. The van der Waals surface area contributed by atoms with Gasteiger partial charge in [0.2, 0.25) is 0 Å². The third-order valence-electron chi connectivity index (χ3n) is 3.01. The molecule has 0 radical (unpaired) electrons. The van der Waals surface area contributed by atoms with Crippen molar-refractivity contribution >= 4 is 8.80 Å². The summed E-state index contributed by atoms with van der Waals surface area (Å²) in [6.07, 6.45) is 3.06. The van der Waals surface area contributed by atoms with Crippen LogP contribution in [0.15, 0.2) is 0 Å². The zero-order valence-corrected chi connectivity index (χ0v) is 10.8. The second kappa shape index (κ2) is 7.43. The van der Waals surface area contributed by atoms with Crippen molar-refractivity contribution in [3.63, 3.8) is 0 Å². The van der Waals surface area contributed by atoms with Gasteiger partial charge >= 0.3 is 0 Å². The fraction of sp³-hybridized carbons (Fsp3) is 1.00. The number of rotatable bonds is 9. The van der Waals surface area contributed by atoms with Crippen LogP contribution in [0.2, 0.25) is 18.1 Å². The maximum Gasteiger partial charge on any atom is 0.104 e. The fourth-order valence-corrected chi connectivity index (χ4v) is 3.97. The van der Waals surface area contributed by atoms with Crippen LogP contribution in [0.3, 0.4) is 0 Å². The van der Waals surface area contributed by atoms with E-state index in [1.54, 1.807) is 0 Å². The van der Waals surface area contributed by atoms with Crippen molar-refractivity contribution in [1.82, 2.24) is 0 Å². The van der Waals surface area contributed by atoms with E-state index in [9.17, 15) is 0 Å². The van der Waals surface area contributed by atoms with E-state index in [-0.39, 0.29) is 8.80 Å². The first-order valence-electron chi connectivity index (χ1n) is 6.06. The molecule has 0 amide bonds. The molecular weight excluding hydrogens is 192 g/mol. The zero-order chi connectivity index (χ0) is 10.2. The second-order valence-electron chi connectivity index (χ2n) is 4.21. The van der Waals surface area contributed by atoms with E-state index < -0.39 is 0 Å². The van der Waals surface area contributed by atoms with Crippen LogP contribution in [0.1, 0.15) is 26.7 Å². The van der Waals surface area contributed by atoms with Crippen molar-refractivity contribution in [1.29, 1.82) is 0 Å². The molecule has 1 unspecified atom stereocenters. The molecule has 0 spiro atoms. The summed E-state index contributed by atoms with van der Waals surface area (Å²) in [5.74, 6) is 0. The molecule has 0 aromatic carbocycles. The Morgan fingerprint density at radius 3 is 2.57 bits per heavy atom. The lowest BCUT2D eigenvalue weighted by atomic mass is 10.3. The molecule has 2 nitrogen and oxygen atoms in total. The highest BCUT2D eigenvalue weighted by atomic mass is 28.3. The number of hydrogen-bond acceptors (Lipinski definition) is 2. The molecule has 84 valence electrons. The first-order chi connectivity index (χ1) is 6.86. The number of unbranched alkanes of at least 4 members (excludes halogenated alkanes) is 1. The molecule has 1 rings (SSSR count). The topological polar surface area (TPSA) is 21.8 Å². The predicted octanol–water partition coefficient (Wildman–Crippen LogP) is 2.45. The van der Waals surface area contributed by atoms with Crippen LogP contribution in [-0.4, -0.2) is 34.7 Å². The van der Waals surface area contributed by atoms with E-state index in [2.05, 4.69) is 13.8 Å². The average Bonchev–Trinajstić information content (AvgIpc) is 3.01. The standard InChI is InChI=1S/C11H24O2Si/c1-3-14(4-2)8-6-5-7-12-9-11-10-13-11/h11,14H,3-10H2,1-2H3. The molecule has 0 bridgehead atoms. The van der Waals surface area contributed by atoms with Gasteiger partial charge in [0, 0.05) is 15.4 Å². The Morgan fingerprint density at radius 1 is 1.29 bits per heavy atom. The van der Waals surface area contributed by atoms with Gasteiger partial charge in [0.1, 0.15) is 6.10 Å². The summed E-state index contributed by atoms with van der Waals surface area (Å²) in [4.78, 5) is 0. The summed E-state index contributed by atoms with van der Waals surface area (Å²) in [7, 11) is -0.331. The average molecular weight is 216 g/mol. The molecule has 3 heteroatoms. The predicted molar refractivity (Wildman–Crippen MR) is 62.7 cm³/mol. The first kappa shape index (κ1) is 12.2. The minimum atomic E-state index is -0.331. The number of ether oxygens (including phenoxy) is 2. The Morgan fingerprint density at radius 2 is 2.00 bits per heavy atom. The van der Waals surface area contributed by atoms with Crippen LogP contribution in [0.4, 0.5) is 0 Å². The van der Waals surface area contributed by atoms with Gasteiger partial charge in [-0.1, -0.05) is 38.4 Å². The van der Waals surface area contributed by atoms with E-state index in [0.717, 1.165) is 19.8 Å². The normalized spacial score (nSPS) is 20.4. The van der Waals surface area contributed by atoms with Crippen LogP contribution in [0, 0.1) is 0 Å². The number of epoxide rings is 1. The van der Waals surface area contributed by atoms with Gasteiger partial charge in [-0.05, 0) is 6.42 Å². The number of hydrogen-bond donors (Lipinski definition) is 0. The van der Waals surface area contributed by atoms with Gasteiger partial charge in [-0.15, -0.1) is 0 Å². The van der Waals surface area contributed by atoms with Crippen LogP contribution in [0.25, 0.3) is 0 Å². The third-order valence-corrected chi connectivity index (χ3v) is 6.55. The van der Waals surface area contributed by atoms with Gasteiger partial charge in [-0.3, -0.25) is 0 Å². The minimum Gasteiger partial charge on any atom is -0.379 e. The maximum absolute atomic E-state index is 5.50. The summed E-state index contributed by atoms with van der Waals surface area (Å²) in [6.45, 7) is 7.38. The highest BCUT2D eigenvalue weighted by Crippen LogP contribution is 2.11. The van der Waals surface area contributed by atoms with E-state index >= 15 is 0 Å². The molecule has 1 saturated heterocycles. The molecule has 1 heterocycles. The van der Waals surface area contributed by atoms with E-state index in [0.29, 0.717) is 6.10 Å². The summed E-state index contributed by atoms with van der Waals surface area (Å²) < 4.78 is 10.6. The second-order valence-corrected chi connectivity index (χ2v) is 8.15. The Bertz CT molecular complexity index is 133. The van der Waals surface area contributed by atoms with Crippen molar-refractivity contribution in [3.05, 3.63) is 0 Å². The lowest BCUT2D eigenvalue weighted by Crippen LogP contribution is -2.09. The van der Waals surface area contributed by atoms with Crippen LogP contribution in [-0.2, 0) is 9.47 Å². The van der Waals surface area contributed by atoms with Crippen LogP contribution in [0.5, 0.6) is 0 Å². The molecule has 14 heavy (non-hydrogen) atoms. The van der Waals surface area contributed by atoms with Gasteiger partial charge in [-0.2, -0.15) is 0 Å². The maximum atomic E-state index is 5.50. The molecule has 1 atom stereocenters. The van der Waals surface area contributed by atoms with Crippen LogP contribution < -0.4 is 0 Å². The van der Waals surface area contributed by atoms with E-state index in [1.807, 2.05) is 0 Å². The molecule has 1 aliphatic heterocycles. The first-order valence-corrected chi connectivity index (χ1v) is 8.51. The lowest BCUT2D eigenvalue weighted by Gasteiger charge is -2.09. The molecule has 1 fully saturated rings. The van der Waals surface area contributed by atoms with Gasteiger partial charge < -0.3 is 9.47 Å². The van der Waals surface area contributed by atoms with Gasteiger partial charge in [-0.25, -0.2) is 0 Å². The molecule has 0 saturated carbocycles. The summed E-state index contributed by atoms with van der Waals surface area (Å²) in [5, 5.41) is 0. The van der Waals surface area contributed by atoms with Crippen molar-refractivity contribution < 1.29 is 9.47 Å². The molecule has 1 aliphatic rings. The van der Waals surface area contributed by atoms with Gasteiger partial charge in [0.25, 0.3) is 0 Å². The van der Waals surface area contributed by atoms with Crippen molar-refractivity contribution in [2.24, 2.45) is 0 Å². The van der Waals surface area contributed by atoms with Crippen LogP contribution >= 0.6 is 0 Å². The highest BCUT2D eigenvalue weighted by molar-refractivity contribution is 6.58. The van der Waals surface area contributed by atoms with Gasteiger partial charge in [0.15, 0.2) is 0 Å². The summed E-state index contributed by atoms with van der Waals surface area (Å²) >= 11 is 0. The Hall–Kier alpha value is 0.137. The third kappa shape index (κ3) is 5.78. The molecule has 0 aromatic heterocycles. The molecule has 0 N–H and O–H groups in total. The van der Waals surface area contributed by atoms with E-state index in [4.69, 9.17) is 9.47 Å². The molecule has 0 aliphatic carbocycles. The summed E-state index contributed by atoms with van der Waals surface area (Å²) in [5.41, 5.74) is 0. The minimum absolute atomic E-state index is 0.331. The van der Waals surface area contributed by atoms with Crippen molar-refractivity contribution in [2.45, 2.75) is 50.9 Å². The SMILES string of the molecule is CC[SiH](CC)CCCCOCC1CO1. The van der Waals surface area contributed by atoms with Gasteiger partial charge in [0.05, 0.1) is 13.2 Å². The smallest absolute Gasteiger partial charge is 0.104 e. The molecular formula is C11H24O2Si. The zero-order valence-electron chi connectivity index (χ0n) is 9.63. The lowest BCUT2D eigenvalue weighted by molar-refractivity contribution is 0.114. The Kier molecular flexibility index (Phi) is 6.48. The fourth-order valence-electron chi connectivity index (χ4n) is 1.71. The summed E-state index contributed by atoms with van der Waals surface area (Å²) in [6, 6.07) is 4.44. The van der Waals surface area contributed by atoms with Crippen molar-refractivity contribution in [3.8, 4) is 0 Å².